The van der Waals surface area contributed by atoms with E-state index in [0.717, 1.165) is 18.6 Å². The molecule has 1 aliphatic carbocycles. The molecule has 4 heteroatoms. The van der Waals surface area contributed by atoms with Crippen LogP contribution in [0.2, 0.25) is 0 Å². The maximum atomic E-state index is 12.5. The standard InChI is InChI=1S/C19H23NO3/c1-2-3-6-13-23-15-11-9-14(10-12-15)20-18(21)16-7-4-5-8-17(16)19(20)22/h4-5,9-12,16-17H,2-3,6-8,13H2,1H3/t16-,17+. The Balaban J connectivity index is 1.67. The van der Waals surface area contributed by atoms with Crippen LogP contribution in [0, 0.1) is 11.8 Å². The van der Waals surface area contributed by atoms with Gasteiger partial charge in [0.05, 0.1) is 24.1 Å². The van der Waals surface area contributed by atoms with Crippen molar-refractivity contribution in [2.75, 3.05) is 11.5 Å². The van der Waals surface area contributed by atoms with Crippen LogP contribution in [0.5, 0.6) is 5.75 Å². The summed E-state index contributed by atoms with van der Waals surface area (Å²) in [5.74, 6) is 0.278. The number of carbonyl (C=O) groups excluding carboxylic acids is 2. The molecule has 0 aromatic heterocycles. The topological polar surface area (TPSA) is 46.6 Å². The van der Waals surface area contributed by atoms with Crippen LogP contribution >= 0.6 is 0 Å². The lowest BCUT2D eigenvalue weighted by atomic mass is 9.85. The van der Waals surface area contributed by atoms with Crippen LogP contribution in [0.25, 0.3) is 0 Å². The zero-order valence-corrected chi connectivity index (χ0v) is 13.5. The number of benzene rings is 1. The summed E-state index contributed by atoms with van der Waals surface area (Å²) in [4.78, 5) is 26.4. The molecule has 1 aliphatic heterocycles. The third kappa shape index (κ3) is 3.16. The summed E-state index contributed by atoms with van der Waals surface area (Å²) in [6.45, 7) is 2.86. The largest absolute Gasteiger partial charge is 0.494 e. The van der Waals surface area contributed by atoms with Crippen LogP contribution in [0.4, 0.5) is 5.69 Å². The molecule has 122 valence electrons. The third-order valence-corrected chi connectivity index (χ3v) is 4.62. The van der Waals surface area contributed by atoms with Crippen LogP contribution < -0.4 is 9.64 Å². The number of unbranched alkanes of at least 4 members (excludes halogenated alkanes) is 2. The highest BCUT2D eigenvalue weighted by Gasteiger charge is 2.47. The van der Waals surface area contributed by atoms with Crippen molar-refractivity contribution in [1.29, 1.82) is 0 Å². The number of fused-ring (bicyclic) bond motifs is 1. The minimum absolute atomic E-state index is 0.0686. The quantitative estimate of drug-likeness (QED) is 0.457. The van der Waals surface area contributed by atoms with Gasteiger partial charge in [-0.2, -0.15) is 0 Å². The summed E-state index contributed by atoms with van der Waals surface area (Å²) >= 11 is 0. The number of imide groups is 1. The lowest BCUT2D eigenvalue weighted by Crippen LogP contribution is -2.30. The van der Waals surface area contributed by atoms with Crippen molar-refractivity contribution in [3.63, 3.8) is 0 Å². The highest BCUT2D eigenvalue weighted by molar-refractivity contribution is 6.22. The van der Waals surface area contributed by atoms with Gasteiger partial charge in [0.1, 0.15) is 5.75 Å². The number of carbonyl (C=O) groups is 2. The molecule has 3 rings (SSSR count). The third-order valence-electron chi connectivity index (χ3n) is 4.62. The van der Waals surface area contributed by atoms with Crippen LogP contribution in [0.3, 0.4) is 0 Å². The van der Waals surface area contributed by atoms with Crippen molar-refractivity contribution >= 4 is 17.5 Å². The molecule has 4 nitrogen and oxygen atoms in total. The number of ether oxygens (including phenoxy) is 1. The van der Waals surface area contributed by atoms with Crippen molar-refractivity contribution in [3.8, 4) is 5.75 Å². The molecule has 2 atom stereocenters. The fourth-order valence-electron chi connectivity index (χ4n) is 3.29. The lowest BCUT2D eigenvalue weighted by Gasteiger charge is -2.15. The van der Waals surface area contributed by atoms with Crippen molar-refractivity contribution in [1.82, 2.24) is 0 Å². The van der Waals surface area contributed by atoms with E-state index in [-0.39, 0.29) is 23.7 Å². The van der Waals surface area contributed by atoms with E-state index in [1.54, 1.807) is 12.1 Å². The maximum Gasteiger partial charge on any atom is 0.238 e. The van der Waals surface area contributed by atoms with Gasteiger partial charge in [0.25, 0.3) is 0 Å². The first-order chi connectivity index (χ1) is 11.2. The average molecular weight is 313 g/mol. The first-order valence-corrected chi connectivity index (χ1v) is 8.48. The maximum absolute atomic E-state index is 12.5. The van der Waals surface area contributed by atoms with Crippen molar-refractivity contribution in [2.24, 2.45) is 11.8 Å². The molecule has 0 saturated carbocycles. The number of hydrogen-bond acceptors (Lipinski definition) is 3. The van der Waals surface area contributed by atoms with Gasteiger partial charge in [-0.15, -0.1) is 0 Å². The molecule has 1 heterocycles. The van der Waals surface area contributed by atoms with Crippen LogP contribution in [0.15, 0.2) is 36.4 Å². The van der Waals surface area contributed by atoms with Crippen LogP contribution in [0.1, 0.15) is 39.0 Å². The van der Waals surface area contributed by atoms with E-state index < -0.39 is 0 Å². The highest BCUT2D eigenvalue weighted by Crippen LogP contribution is 2.37. The van der Waals surface area contributed by atoms with E-state index in [2.05, 4.69) is 6.92 Å². The van der Waals surface area contributed by atoms with Gasteiger partial charge in [0.15, 0.2) is 0 Å². The van der Waals surface area contributed by atoms with E-state index in [1.807, 2.05) is 24.3 Å². The monoisotopic (exact) mass is 313 g/mol. The summed E-state index contributed by atoms with van der Waals surface area (Å²) < 4.78 is 5.68. The number of anilines is 1. The molecule has 1 saturated heterocycles. The number of allylic oxidation sites excluding steroid dienone is 2. The zero-order chi connectivity index (χ0) is 16.2. The molecule has 0 radical (unpaired) electrons. The Bertz CT molecular complexity index is 580. The molecule has 2 aliphatic rings. The minimum Gasteiger partial charge on any atom is -0.494 e. The van der Waals surface area contributed by atoms with E-state index in [9.17, 15) is 9.59 Å². The van der Waals surface area contributed by atoms with Gasteiger partial charge in [-0.1, -0.05) is 31.9 Å². The molecule has 1 aromatic rings. The first-order valence-electron chi connectivity index (χ1n) is 8.48. The summed E-state index contributed by atoms with van der Waals surface area (Å²) in [6.07, 6.45) is 8.71. The Morgan fingerprint density at radius 2 is 1.61 bits per heavy atom. The second-order valence-electron chi connectivity index (χ2n) is 6.22. The van der Waals surface area contributed by atoms with Gasteiger partial charge in [-0.25, -0.2) is 0 Å². The van der Waals surface area contributed by atoms with Gasteiger partial charge >= 0.3 is 0 Å². The summed E-state index contributed by atoms with van der Waals surface area (Å²) in [6, 6.07) is 7.27. The Hall–Kier alpha value is -2.10. The van der Waals surface area contributed by atoms with E-state index in [0.29, 0.717) is 25.1 Å². The fourth-order valence-corrected chi connectivity index (χ4v) is 3.29. The Morgan fingerprint density at radius 1 is 1.00 bits per heavy atom. The van der Waals surface area contributed by atoms with Crippen LogP contribution in [-0.2, 0) is 9.59 Å². The molecule has 1 fully saturated rings. The Kier molecular flexibility index (Phi) is 4.79. The summed E-state index contributed by atoms with van der Waals surface area (Å²) in [5.41, 5.74) is 0.648. The van der Waals surface area contributed by atoms with E-state index in [4.69, 9.17) is 4.74 Å². The normalized spacial score (nSPS) is 23.3. The molecule has 0 spiro atoms. The van der Waals surface area contributed by atoms with Gasteiger partial charge in [0, 0.05) is 0 Å². The average Bonchev–Trinajstić information content (AvgIpc) is 2.84. The second-order valence-corrected chi connectivity index (χ2v) is 6.22. The molecule has 2 amide bonds. The van der Waals surface area contributed by atoms with Gasteiger partial charge in [0.2, 0.25) is 11.8 Å². The second kappa shape index (κ2) is 6.99. The van der Waals surface area contributed by atoms with Gasteiger partial charge in [-0.05, 0) is 43.5 Å². The predicted molar refractivity (Wildman–Crippen MR) is 89.3 cm³/mol. The zero-order valence-electron chi connectivity index (χ0n) is 13.5. The number of amides is 2. The summed E-state index contributed by atoms with van der Waals surface area (Å²) in [7, 11) is 0. The molecular weight excluding hydrogens is 290 g/mol. The molecule has 0 bridgehead atoms. The fraction of sp³-hybridized carbons (Fsp3) is 0.474. The highest BCUT2D eigenvalue weighted by atomic mass is 16.5. The molecular formula is C19H23NO3. The van der Waals surface area contributed by atoms with Gasteiger partial charge < -0.3 is 4.74 Å². The molecule has 23 heavy (non-hydrogen) atoms. The van der Waals surface area contributed by atoms with Crippen molar-refractivity contribution < 1.29 is 14.3 Å². The number of rotatable bonds is 6. The SMILES string of the molecule is CCCCCOc1ccc(N2C(=O)[C@H]3CC=CC[C@H]3C2=O)cc1. The molecule has 0 unspecified atom stereocenters. The molecule has 0 N–H and O–H groups in total. The molecule has 1 aromatic carbocycles. The van der Waals surface area contributed by atoms with Crippen molar-refractivity contribution in [3.05, 3.63) is 36.4 Å². The first kappa shape index (κ1) is 15.8. The van der Waals surface area contributed by atoms with Crippen molar-refractivity contribution in [2.45, 2.75) is 39.0 Å². The Morgan fingerprint density at radius 3 is 2.17 bits per heavy atom. The number of hydrogen-bond donors (Lipinski definition) is 0. The lowest BCUT2D eigenvalue weighted by molar-refractivity contribution is -0.122. The minimum atomic E-state index is -0.183. The predicted octanol–water partition coefficient (Wildman–Crippen LogP) is 3.71. The number of nitrogens with zero attached hydrogens (tertiary/aromatic N) is 1. The smallest absolute Gasteiger partial charge is 0.238 e. The van der Waals surface area contributed by atoms with E-state index >= 15 is 0 Å². The van der Waals surface area contributed by atoms with Gasteiger partial charge in [-0.3, -0.25) is 14.5 Å². The Labute approximate surface area is 137 Å². The van der Waals surface area contributed by atoms with Crippen LogP contribution in [-0.4, -0.2) is 18.4 Å². The summed E-state index contributed by atoms with van der Waals surface area (Å²) in [5, 5.41) is 0. The van der Waals surface area contributed by atoms with E-state index in [1.165, 1.54) is 11.3 Å².